The van der Waals surface area contributed by atoms with E-state index in [0.29, 0.717) is 0 Å². The highest BCUT2D eigenvalue weighted by molar-refractivity contribution is 5.85. The second-order valence-electron chi connectivity index (χ2n) is 6.95. The molecular formula is C22H26N2. The zero-order valence-electron chi connectivity index (χ0n) is 14.8. The minimum Gasteiger partial charge on any atom is -0.344 e. The van der Waals surface area contributed by atoms with E-state index in [9.17, 15) is 0 Å². The van der Waals surface area contributed by atoms with Crippen molar-refractivity contribution in [2.45, 2.75) is 39.8 Å². The smallest absolute Gasteiger partial charge is 0.0486 e. The fraction of sp³-hybridized carbons (Fsp3) is 0.364. The molecule has 3 aromatic rings. The molecule has 0 spiro atoms. The average molecular weight is 318 g/mol. The van der Waals surface area contributed by atoms with Gasteiger partial charge in [-0.2, -0.15) is 0 Å². The van der Waals surface area contributed by atoms with Crippen molar-refractivity contribution in [2.75, 3.05) is 13.1 Å². The number of hydrogen-bond donors (Lipinski definition) is 0. The quantitative estimate of drug-likeness (QED) is 0.684. The highest BCUT2D eigenvalue weighted by Crippen LogP contribution is 2.31. The Kier molecular flexibility index (Phi) is 4.15. The molecule has 124 valence electrons. The van der Waals surface area contributed by atoms with Crippen molar-refractivity contribution in [3.8, 4) is 0 Å². The summed E-state index contributed by atoms with van der Waals surface area (Å²) in [5.74, 6) is 0. The van der Waals surface area contributed by atoms with Crippen LogP contribution >= 0.6 is 0 Å². The number of nitrogens with zero attached hydrogens (tertiary/aromatic N) is 2. The Morgan fingerprint density at radius 1 is 1.00 bits per heavy atom. The first kappa shape index (κ1) is 15.5. The van der Waals surface area contributed by atoms with Crippen molar-refractivity contribution < 1.29 is 0 Å². The largest absolute Gasteiger partial charge is 0.344 e. The highest BCUT2D eigenvalue weighted by Gasteiger charge is 2.22. The van der Waals surface area contributed by atoms with Gasteiger partial charge in [-0.25, -0.2) is 0 Å². The van der Waals surface area contributed by atoms with Crippen molar-refractivity contribution >= 4 is 10.9 Å². The summed E-state index contributed by atoms with van der Waals surface area (Å²) in [6, 6.07) is 17.9. The van der Waals surface area contributed by atoms with Gasteiger partial charge in [0, 0.05) is 42.7 Å². The van der Waals surface area contributed by atoms with E-state index in [1.165, 1.54) is 35.0 Å². The Balaban J connectivity index is 1.69. The molecule has 24 heavy (non-hydrogen) atoms. The van der Waals surface area contributed by atoms with Crippen molar-refractivity contribution in [3.05, 3.63) is 70.9 Å². The number of benzene rings is 2. The van der Waals surface area contributed by atoms with E-state index in [1.807, 2.05) is 0 Å². The lowest BCUT2D eigenvalue weighted by atomic mass is 10.0. The maximum Gasteiger partial charge on any atom is 0.0486 e. The number of hydrogen-bond acceptors (Lipinski definition) is 1. The van der Waals surface area contributed by atoms with E-state index in [-0.39, 0.29) is 0 Å². The van der Waals surface area contributed by atoms with Crippen LogP contribution < -0.4 is 0 Å². The second kappa shape index (κ2) is 6.45. The predicted octanol–water partition coefficient (Wildman–Crippen LogP) is 4.57. The van der Waals surface area contributed by atoms with Crippen LogP contribution in [0.3, 0.4) is 0 Å². The number of aryl methyl sites for hydroxylation is 3. The lowest BCUT2D eigenvalue weighted by Crippen LogP contribution is -2.30. The van der Waals surface area contributed by atoms with Gasteiger partial charge in [0.25, 0.3) is 0 Å². The first-order chi connectivity index (χ1) is 11.8. The van der Waals surface area contributed by atoms with Crippen LogP contribution in [0.1, 0.15) is 29.3 Å². The van der Waals surface area contributed by atoms with Crippen LogP contribution in [0, 0.1) is 6.92 Å². The molecule has 2 aromatic carbocycles. The third kappa shape index (κ3) is 2.76. The fourth-order valence-electron chi connectivity index (χ4n) is 3.98. The van der Waals surface area contributed by atoms with Gasteiger partial charge in [-0.05, 0) is 37.1 Å². The van der Waals surface area contributed by atoms with Crippen LogP contribution in [0.4, 0.5) is 0 Å². The molecule has 0 saturated carbocycles. The Bertz CT molecular complexity index is 842. The van der Waals surface area contributed by atoms with Gasteiger partial charge in [-0.1, -0.05) is 55.0 Å². The van der Waals surface area contributed by atoms with Gasteiger partial charge in [0.2, 0.25) is 0 Å². The molecule has 0 fully saturated rings. The molecule has 0 aliphatic carbocycles. The number of rotatable bonds is 4. The Morgan fingerprint density at radius 3 is 2.58 bits per heavy atom. The molecular weight excluding hydrogens is 292 g/mol. The zero-order valence-corrected chi connectivity index (χ0v) is 14.8. The molecule has 0 amide bonds. The molecule has 0 atom stereocenters. The summed E-state index contributed by atoms with van der Waals surface area (Å²) in [5, 5.41) is 1.45. The van der Waals surface area contributed by atoms with Crippen molar-refractivity contribution in [1.82, 2.24) is 9.47 Å². The third-order valence-electron chi connectivity index (χ3n) is 5.43. The van der Waals surface area contributed by atoms with Crippen molar-refractivity contribution in [2.24, 2.45) is 0 Å². The van der Waals surface area contributed by atoms with Gasteiger partial charge in [0.1, 0.15) is 0 Å². The summed E-state index contributed by atoms with van der Waals surface area (Å²) in [7, 11) is 0. The molecule has 0 unspecified atom stereocenters. The van der Waals surface area contributed by atoms with Crippen LogP contribution in [0.5, 0.6) is 0 Å². The third-order valence-corrected chi connectivity index (χ3v) is 5.43. The molecule has 0 radical (unpaired) electrons. The minimum absolute atomic E-state index is 1.07. The van der Waals surface area contributed by atoms with E-state index in [1.54, 1.807) is 11.3 Å². The summed E-state index contributed by atoms with van der Waals surface area (Å²) < 4.78 is 2.58. The highest BCUT2D eigenvalue weighted by atomic mass is 15.1. The van der Waals surface area contributed by atoms with Crippen molar-refractivity contribution in [1.29, 1.82) is 0 Å². The number of likely N-dealkylation sites (N-methyl/N-ethyl adjacent to an activating group) is 1. The molecule has 4 rings (SSSR count). The molecule has 0 saturated heterocycles. The SMILES string of the molecule is CCN1CCc2c(c3ccccc3n2CCc2ccc(C)cc2)C1. The lowest BCUT2D eigenvalue weighted by Gasteiger charge is -2.27. The lowest BCUT2D eigenvalue weighted by molar-refractivity contribution is 0.265. The minimum atomic E-state index is 1.07. The Labute approximate surface area is 144 Å². The van der Waals surface area contributed by atoms with Gasteiger partial charge >= 0.3 is 0 Å². The van der Waals surface area contributed by atoms with Gasteiger partial charge in [-0.3, -0.25) is 4.90 Å². The fourth-order valence-corrected chi connectivity index (χ4v) is 3.98. The molecule has 2 heteroatoms. The first-order valence-electron chi connectivity index (χ1n) is 9.13. The maximum absolute atomic E-state index is 2.58. The number of aromatic nitrogens is 1. The molecule has 2 heterocycles. The van der Waals surface area contributed by atoms with Gasteiger partial charge in [-0.15, -0.1) is 0 Å². The monoisotopic (exact) mass is 318 g/mol. The van der Waals surface area contributed by atoms with E-state index in [4.69, 9.17) is 0 Å². The normalized spacial score (nSPS) is 14.9. The number of para-hydroxylation sites is 1. The van der Waals surface area contributed by atoms with Gasteiger partial charge in [0.15, 0.2) is 0 Å². The Hall–Kier alpha value is -2.06. The van der Waals surface area contributed by atoms with E-state index < -0.39 is 0 Å². The van der Waals surface area contributed by atoms with E-state index in [2.05, 4.69) is 71.8 Å². The maximum atomic E-state index is 2.58. The van der Waals surface area contributed by atoms with E-state index in [0.717, 1.165) is 26.1 Å². The Morgan fingerprint density at radius 2 is 1.79 bits per heavy atom. The zero-order chi connectivity index (χ0) is 16.5. The van der Waals surface area contributed by atoms with Gasteiger partial charge < -0.3 is 4.57 Å². The molecule has 1 aliphatic heterocycles. The summed E-state index contributed by atoms with van der Waals surface area (Å²) in [6.45, 7) is 8.92. The summed E-state index contributed by atoms with van der Waals surface area (Å²) in [6.07, 6.45) is 2.27. The van der Waals surface area contributed by atoms with Gasteiger partial charge in [0.05, 0.1) is 0 Å². The second-order valence-corrected chi connectivity index (χ2v) is 6.95. The standard InChI is InChI=1S/C22H26N2/c1-3-23-14-13-22-20(16-23)19-6-4-5-7-21(19)24(22)15-12-18-10-8-17(2)9-11-18/h4-11H,3,12-16H2,1-2H3. The average Bonchev–Trinajstić information content (AvgIpc) is 2.94. The predicted molar refractivity (Wildman–Crippen MR) is 101 cm³/mol. The number of fused-ring (bicyclic) bond motifs is 3. The topological polar surface area (TPSA) is 8.17 Å². The first-order valence-corrected chi connectivity index (χ1v) is 9.13. The van der Waals surface area contributed by atoms with Crippen LogP contribution in [-0.2, 0) is 25.9 Å². The molecule has 1 aromatic heterocycles. The summed E-state index contributed by atoms with van der Waals surface area (Å²) >= 11 is 0. The molecule has 1 aliphatic rings. The molecule has 2 nitrogen and oxygen atoms in total. The molecule has 0 bridgehead atoms. The summed E-state index contributed by atoms with van der Waals surface area (Å²) in [5.41, 5.74) is 7.29. The van der Waals surface area contributed by atoms with Crippen LogP contribution in [0.2, 0.25) is 0 Å². The van der Waals surface area contributed by atoms with Crippen LogP contribution in [0.25, 0.3) is 10.9 Å². The van der Waals surface area contributed by atoms with E-state index >= 15 is 0 Å². The van der Waals surface area contributed by atoms with Crippen LogP contribution in [0.15, 0.2) is 48.5 Å². The molecule has 0 N–H and O–H groups in total. The van der Waals surface area contributed by atoms with Crippen molar-refractivity contribution in [3.63, 3.8) is 0 Å². The van der Waals surface area contributed by atoms with Crippen LogP contribution in [-0.4, -0.2) is 22.6 Å². The summed E-state index contributed by atoms with van der Waals surface area (Å²) in [4.78, 5) is 2.55.